The minimum atomic E-state index is -0.117. The fourth-order valence-electron chi connectivity index (χ4n) is 3.16. The van der Waals surface area contributed by atoms with E-state index in [4.69, 9.17) is 5.11 Å². The van der Waals surface area contributed by atoms with E-state index < -0.39 is 0 Å². The van der Waals surface area contributed by atoms with E-state index in [0.29, 0.717) is 34.8 Å². The summed E-state index contributed by atoms with van der Waals surface area (Å²) in [7, 11) is 1.71. The standard InChI is InChI=1S/C24H29N3O2S/c1-5-12-27(13-9-14-28)18(3)20(17-25)15-21(6-2)26(4)24(29)23-16-19-10-7-8-11-22(19)30-23/h6-8,10-11,15-16,28H,3,5,9,12-14H2,1-2,4H3/b20-15-,21-6+. The number of benzene rings is 1. The first-order valence-electron chi connectivity index (χ1n) is 10.1. The summed E-state index contributed by atoms with van der Waals surface area (Å²) in [4.78, 5) is 17.3. The largest absolute Gasteiger partial charge is 0.396 e. The van der Waals surface area contributed by atoms with Crippen molar-refractivity contribution in [3.05, 3.63) is 70.9 Å². The second-order valence-corrected chi connectivity index (χ2v) is 7.99. The summed E-state index contributed by atoms with van der Waals surface area (Å²) in [6, 6.07) is 12.0. The van der Waals surface area contributed by atoms with Crippen LogP contribution in [0.1, 0.15) is 36.4 Å². The number of nitriles is 1. The lowest BCUT2D eigenvalue weighted by molar-refractivity contribution is 0.0845. The molecule has 1 N–H and O–H groups in total. The van der Waals surface area contributed by atoms with Gasteiger partial charge in [0.05, 0.1) is 10.5 Å². The normalized spacial score (nSPS) is 12.0. The third-order valence-corrected chi connectivity index (χ3v) is 5.91. The van der Waals surface area contributed by atoms with Gasteiger partial charge in [0.15, 0.2) is 0 Å². The number of thiophene rings is 1. The van der Waals surface area contributed by atoms with Crippen molar-refractivity contribution in [1.82, 2.24) is 9.80 Å². The Kier molecular flexibility index (Phi) is 8.85. The highest BCUT2D eigenvalue weighted by atomic mass is 32.1. The molecule has 0 saturated carbocycles. The molecule has 30 heavy (non-hydrogen) atoms. The maximum absolute atomic E-state index is 13.1. The lowest BCUT2D eigenvalue weighted by Gasteiger charge is -2.26. The average Bonchev–Trinajstić information content (AvgIpc) is 3.20. The first-order valence-corrected chi connectivity index (χ1v) is 10.9. The van der Waals surface area contributed by atoms with Crippen LogP contribution < -0.4 is 0 Å². The van der Waals surface area contributed by atoms with Crippen LogP contribution in [-0.4, -0.2) is 47.6 Å². The number of aliphatic hydroxyl groups is 1. The highest BCUT2D eigenvalue weighted by Crippen LogP contribution is 2.27. The molecule has 0 fully saturated rings. The van der Waals surface area contributed by atoms with Gasteiger partial charge in [0.1, 0.15) is 6.07 Å². The number of likely N-dealkylation sites (N-methyl/N-ethyl adjacent to an activating group) is 1. The summed E-state index contributed by atoms with van der Waals surface area (Å²) in [5.74, 6) is -0.117. The molecule has 0 aliphatic heterocycles. The van der Waals surface area contributed by atoms with Crippen LogP contribution in [0.3, 0.4) is 0 Å². The molecule has 2 aromatic rings. The smallest absolute Gasteiger partial charge is 0.268 e. The summed E-state index contributed by atoms with van der Waals surface area (Å²) >= 11 is 1.46. The van der Waals surface area contributed by atoms with E-state index in [-0.39, 0.29) is 12.5 Å². The summed E-state index contributed by atoms with van der Waals surface area (Å²) in [6.07, 6.45) is 5.03. The molecule has 6 heteroatoms. The van der Waals surface area contributed by atoms with Crippen molar-refractivity contribution in [3.8, 4) is 6.07 Å². The number of amides is 1. The van der Waals surface area contributed by atoms with Crippen LogP contribution in [0.4, 0.5) is 0 Å². The zero-order valence-electron chi connectivity index (χ0n) is 17.9. The Bertz CT molecular complexity index is 964. The van der Waals surface area contributed by atoms with Gasteiger partial charge in [-0.3, -0.25) is 4.79 Å². The van der Waals surface area contributed by atoms with Gasteiger partial charge in [0.2, 0.25) is 0 Å². The van der Waals surface area contributed by atoms with Crippen molar-refractivity contribution in [3.63, 3.8) is 0 Å². The zero-order valence-corrected chi connectivity index (χ0v) is 18.7. The molecule has 0 radical (unpaired) electrons. The number of aliphatic hydroxyl groups excluding tert-OH is 1. The number of allylic oxidation sites excluding steroid dienone is 3. The van der Waals surface area contributed by atoms with E-state index in [2.05, 4.69) is 19.6 Å². The molecule has 0 unspecified atom stereocenters. The maximum atomic E-state index is 13.1. The molecule has 0 atom stereocenters. The molecule has 1 aromatic carbocycles. The molecule has 0 spiro atoms. The summed E-state index contributed by atoms with van der Waals surface area (Å²) in [5.41, 5.74) is 1.65. The van der Waals surface area contributed by atoms with Crippen molar-refractivity contribution < 1.29 is 9.90 Å². The molecule has 1 heterocycles. The van der Waals surface area contributed by atoms with Crippen LogP contribution >= 0.6 is 11.3 Å². The third kappa shape index (κ3) is 5.59. The SMILES string of the molecule is C=C(/C(C#N)=C\C(=C/C)N(C)C(=O)c1cc2ccccc2s1)N(CCC)CCCO. The quantitative estimate of drug-likeness (QED) is 0.434. The van der Waals surface area contributed by atoms with Gasteiger partial charge < -0.3 is 14.9 Å². The molecule has 0 bridgehead atoms. The van der Waals surface area contributed by atoms with E-state index >= 15 is 0 Å². The van der Waals surface area contributed by atoms with Gasteiger partial charge in [-0.15, -0.1) is 11.3 Å². The lowest BCUT2D eigenvalue weighted by Crippen LogP contribution is -2.27. The number of nitrogens with zero attached hydrogens (tertiary/aromatic N) is 3. The molecule has 5 nitrogen and oxygen atoms in total. The summed E-state index contributed by atoms with van der Waals surface area (Å²) in [6.45, 7) is 9.47. The van der Waals surface area contributed by atoms with Gasteiger partial charge in [0, 0.05) is 42.8 Å². The molecule has 1 aromatic heterocycles. The zero-order chi connectivity index (χ0) is 22.1. The topological polar surface area (TPSA) is 67.6 Å². The Hall–Kier alpha value is -2.88. The Balaban J connectivity index is 2.26. The molecule has 0 saturated heterocycles. The number of fused-ring (bicyclic) bond motifs is 1. The molecule has 158 valence electrons. The predicted molar refractivity (Wildman–Crippen MR) is 124 cm³/mol. The molecular formula is C24H29N3O2S. The van der Waals surface area contributed by atoms with E-state index in [9.17, 15) is 10.1 Å². The van der Waals surface area contributed by atoms with Crippen molar-refractivity contribution in [2.75, 3.05) is 26.7 Å². The molecule has 0 aliphatic carbocycles. The van der Waals surface area contributed by atoms with Gasteiger partial charge in [-0.2, -0.15) is 5.26 Å². The first kappa shape index (κ1) is 23.4. The number of rotatable bonds is 10. The van der Waals surface area contributed by atoms with Gasteiger partial charge in [0.25, 0.3) is 5.91 Å². The van der Waals surface area contributed by atoms with Gasteiger partial charge in [-0.25, -0.2) is 0 Å². The number of hydrogen-bond acceptors (Lipinski definition) is 5. The molecule has 2 rings (SSSR count). The van der Waals surface area contributed by atoms with Crippen molar-refractivity contribution >= 4 is 27.3 Å². The average molecular weight is 424 g/mol. The van der Waals surface area contributed by atoms with Crippen LogP contribution in [-0.2, 0) is 0 Å². The lowest BCUT2D eigenvalue weighted by atomic mass is 10.1. The highest BCUT2D eigenvalue weighted by molar-refractivity contribution is 7.20. The van der Waals surface area contributed by atoms with Crippen molar-refractivity contribution in [1.29, 1.82) is 5.26 Å². The van der Waals surface area contributed by atoms with E-state index in [1.165, 1.54) is 11.3 Å². The Morgan fingerprint density at radius 1 is 1.33 bits per heavy atom. The fourth-order valence-corrected chi connectivity index (χ4v) is 4.19. The van der Waals surface area contributed by atoms with Crippen LogP contribution in [0.15, 0.2) is 66.0 Å². The van der Waals surface area contributed by atoms with Gasteiger partial charge >= 0.3 is 0 Å². The van der Waals surface area contributed by atoms with Gasteiger partial charge in [-0.05, 0) is 43.4 Å². The first-order chi connectivity index (χ1) is 14.5. The van der Waals surface area contributed by atoms with Crippen molar-refractivity contribution in [2.24, 2.45) is 0 Å². The Labute approximate surface area is 182 Å². The molecule has 0 aliphatic rings. The Morgan fingerprint density at radius 3 is 2.67 bits per heavy atom. The molecule has 1 amide bonds. The second-order valence-electron chi connectivity index (χ2n) is 6.91. The highest BCUT2D eigenvalue weighted by Gasteiger charge is 2.19. The summed E-state index contributed by atoms with van der Waals surface area (Å²) in [5, 5.41) is 19.9. The molecular weight excluding hydrogens is 394 g/mol. The van der Waals surface area contributed by atoms with Crippen LogP contribution in [0, 0.1) is 11.3 Å². The van der Waals surface area contributed by atoms with Crippen molar-refractivity contribution in [2.45, 2.75) is 26.7 Å². The van der Waals surface area contributed by atoms with Crippen LogP contribution in [0.5, 0.6) is 0 Å². The minimum Gasteiger partial charge on any atom is -0.396 e. The number of hydrogen-bond donors (Lipinski definition) is 1. The number of carbonyl (C=O) groups is 1. The monoisotopic (exact) mass is 423 g/mol. The Morgan fingerprint density at radius 2 is 2.07 bits per heavy atom. The van der Waals surface area contributed by atoms with Crippen LogP contribution in [0.25, 0.3) is 10.1 Å². The van der Waals surface area contributed by atoms with E-state index in [0.717, 1.165) is 23.1 Å². The maximum Gasteiger partial charge on any atom is 0.268 e. The van der Waals surface area contributed by atoms with E-state index in [1.54, 1.807) is 18.0 Å². The van der Waals surface area contributed by atoms with E-state index in [1.807, 2.05) is 48.2 Å². The number of carbonyl (C=O) groups excluding carboxylic acids is 1. The minimum absolute atomic E-state index is 0.0889. The van der Waals surface area contributed by atoms with Gasteiger partial charge in [-0.1, -0.05) is 37.8 Å². The summed E-state index contributed by atoms with van der Waals surface area (Å²) < 4.78 is 1.07. The fraction of sp³-hybridized carbons (Fsp3) is 0.333. The van der Waals surface area contributed by atoms with Crippen LogP contribution in [0.2, 0.25) is 0 Å². The second kappa shape index (κ2) is 11.3. The third-order valence-electron chi connectivity index (χ3n) is 4.81. The predicted octanol–water partition coefficient (Wildman–Crippen LogP) is 4.94.